The first kappa shape index (κ1) is 12.3. The molecule has 3 nitrogen and oxygen atoms in total. The van der Waals surface area contributed by atoms with Crippen LogP contribution in [0.2, 0.25) is 0 Å². The van der Waals surface area contributed by atoms with Crippen molar-refractivity contribution in [3.05, 3.63) is 0 Å². The predicted molar refractivity (Wildman–Crippen MR) is 61.0 cm³/mol. The minimum absolute atomic E-state index is 0.0339. The number of hydrogen-bond donors (Lipinski definition) is 2. The number of halogens is 2. The van der Waals surface area contributed by atoms with Gasteiger partial charge < -0.3 is 10.8 Å². The Morgan fingerprint density at radius 2 is 2.11 bits per heavy atom. The summed E-state index contributed by atoms with van der Waals surface area (Å²) in [6.45, 7) is 0.327. The molecule has 3 N–H and O–H groups in total. The van der Waals surface area contributed by atoms with Crippen LogP contribution in [0.5, 0.6) is 0 Å². The molecule has 0 aromatic carbocycles. The van der Waals surface area contributed by atoms with Crippen LogP contribution in [0.15, 0.2) is 0 Å². The Hall–Kier alpha value is -0.710. The van der Waals surface area contributed by atoms with Crippen molar-refractivity contribution in [1.29, 1.82) is 0 Å². The molecule has 0 amide bonds. The molecule has 0 saturated heterocycles. The van der Waals surface area contributed by atoms with Crippen LogP contribution in [0, 0.1) is 35.0 Å². The Bertz CT molecular complexity index is 368. The Balaban J connectivity index is 1.89. The van der Waals surface area contributed by atoms with Crippen LogP contribution < -0.4 is 5.73 Å². The highest BCUT2D eigenvalue weighted by atomic mass is 19.3. The van der Waals surface area contributed by atoms with Crippen LogP contribution in [-0.2, 0) is 4.79 Å². The van der Waals surface area contributed by atoms with Crippen LogP contribution in [-0.4, -0.2) is 24.0 Å². The summed E-state index contributed by atoms with van der Waals surface area (Å²) in [5.41, 5.74) is 5.43. The first-order valence-electron chi connectivity index (χ1n) is 6.71. The SMILES string of the molecule is NC[C@@]1(CC(=O)O)C2CC[C@@H]3C[C@H]1[C@H]2[C@H]3C(F)F. The molecule has 0 aromatic rings. The van der Waals surface area contributed by atoms with Gasteiger partial charge in [0.05, 0.1) is 6.42 Å². The van der Waals surface area contributed by atoms with Crippen molar-refractivity contribution in [3.8, 4) is 0 Å². The third-order valence-electron chi connectivity index (χ3n) is 5.95. The van der Waals surface area contributed by atoms with Gasteiger partial charge in [-0.2, -0.15) is 0 Å². The Kier molecular flexibility index (Phi) is 2.66. The molecule has 0 heterocycles. The molecule has 3 aliphatic rings. The molecule has 3 rings (SSSR count). The summed E-state index contributed by atoms with van der Waals surface area (Å²) in [6.07, 6.45) is 0.278. The van der Waals surface area contributed by atoms with Crippen LogP contribution in [0.4, 0.5) is 8.78 Å². The lowest BCUT2D eigenvalue weighted by Gasteiger charge is -2.61. The number of rotatable bonds is 4. The monoisotopic (exact) mass is 259 g/mol. The zero-order valence-corrected chi connectivity index (χ0v) is 10.2. The molecular formula is C13H19F2NO2. The third kappa shape index (κ3) is 1.34. The van der Waals surface area contributed by atoms with Crippen molar-refractivity contribution in [2.75, 3.05) is 6.54 Å². The van der Waals surface area contributed by atoms with E-state index in [4.69, 9.17) is 10.8 Å². The van der Waals surface area contributed by atoms with E-state index in [0.717, 1.165) is 19.3 Å². The van der Waals surface area contributed by atoms with Crippen molar-refractivity contribution in [2.24, 2.45) is 40.7 Å². The fourth-order valence-corrected chi connectivity index (χ4v) is 5.41. The predicted octanol–water partition coefficient (Wildman–Crippen LogP) is 1.96. The van der Waals surface area contributed by atoms with Crippen LogP contribution in [0.25, 0.3) is 0 Å². The molecule has 6 atom stereocenters. The summed E-state index contributed by atoms with van der Waals surface area (Å²) >= 11 is 0. The number of carboxylic acid groups (broad SMARTS) is 1. The number of hydrogen-bond acceptors (Lipinski definition) is 2. The molecule has 2 bridgehead atoms. The Morgan fingerprint density at radius 1 is 1.39 bits per heavy atom. The maximum absolute atomic E-state index is 13.1. The summed E-state index contributed by atoms with van der Waals surface area (Å²) in [4.78, 5) is 11.0. The first-order chi connectivity index (χ1) is 8.51. The fraction of sp³-hybridized carbons (Fsp3) is 0.923. The van der Waals surface area contributed by atoms with Crippen molar-refractivity contribution in [3.63, 3.8) is 0 Å². The molecule has 3 fully saturated rings. The van der Waals surface area contributed by atoms with E-state index in [1.165, 1.54) is 0 Å². The number of aliphatic carboxylic acids is 1. The van der Waals surface area contributed by atoms with Crippen molar-refractivity contribution in [2.45, 2.75) is 32.1 Å². The summed E-state index contributed by atoms with van der Waals surface area (Å²) < 4.78 is 26.3. The lowest BCUT2D eigenvalue weighted by atomic mass is 9.43. The molecule has 18 heavy (non-hydrogen) atoms. The Labute approximate surface area is 105 Å². The van der Waals surface area contributed by atoms with E-state index in [0.29, 0.717) is 6.54 Å². The molecular weight excluding hydrogens is 240 g/mol. The van der Waals surface area contributed by atoms with Gasteiger partial charge in [0.15, 0.2) is 0 Å². The van der Waals surface area contributed by atoms with E-state index < -0.39 is 23.7 Å². The maximum atomic E-state index is 13.1. The largest absolute Gasteiger partial charge is 0.481 e. The molecule has 0 aliphatic heterocycles. The number of carbonyl (C=O) groups is 1. The van der Waals surface area contributed by atoms with Gasteiger partial charge in [-0.25, -0.2) is 8.78 Å². The molecule has 102 valence electrons. The number of nitrogens with two attached hydrogens (primary N) is 1. The second-order valence-electron chi connectivity index (χ2n) is 6.28. The van der Waals surface area contributed by atoms with E-state index in [1.54, 1.807) is 0 Å². The molecule has 3 saturated carbocycles. The standard InChI is InChI=1S/C13H19F2NO2/c14-12(15)10-6-1-2-7-11(10)8(3-6)13(7,5-16)4-9(17)18/h6-8,10-12H,1-5,16H2,(H,17,18)/t6-,7?,8+,10+,11+,13+/m1/s1. The van der Waals surface area contributed by atoms with Crippen molar-refractivity contribution < 1.29 is 18.7 Å². The van der Waals surface area contributed by atoms with Gasteiger partial charge in [0.1, 0.15) is 0 Å². The highest BCUT2D eigenvalue weighted by Gasteiger charge is 2.70. The van der Waals surface area contributed by atoms with Crippen LogP contribution in [0.3, 0.4) is 0 Å². The first-order valence-corrected chi connectivity index (χ1v) is 6.71. The molecule has 5 heteroatoms. The molecule has 0 spiro atoms. The summed E-state index contributed by atoms with van der Waals surface area (Å²) in [6, 6.07) is 0. The average molecular weight is 259 g/mol. The van der Waals surface area contributed by atoms with Gasteiger partial charge in [-0.15, -0.1) is 0 Å². The van der Waals surface area contributed by atoms with Gasteiger partial charge >= 0.3 is 5.97 Å². The van der Waals surface area contributed by atoms with Gasteiger partial charge in [-0.3, -0.25) is 4.79 Å². The van der Waals surface area contributed by atoms with E-state index in [9.17, 15) is 13.6 Å². The number of alkyl halides is 2. The van der Waals surface area contributed by atoms with Crippen LogP contribution >= 0.6 is 0 Å². The second-order valence-corrected chi connectivity index (χ2v) is 6.28. The van der Waals surface area contributed by atoms with Gasteiger partial charge in [0.25, 0.3) is 0 Å². The van der Waals surface area contributed by atoms with Crippen molar-refractivity contribution in [1.82, 2.24) is 0 Å². The molecule has 0 radical (unpaired) electrons. The minimum atomic E-state index is -2.26. The highest BCUT2D eigenvalue weighted by Crippen LogP contribution is 2.73. The quantitative estimate of drug-likeness (QED) is 0.811. The zero-order valence-electron chi connectivity index (χ0n) is 10.2. The smallest absolute Gasteiger partial charge is 0.303 e. The van der Waals surface area contributed by atoms with E-state index in [1.807, 2.05) is 0 Å². The van der Waals surface area contributed by atoms with Gasteiger partial charge in [0, 0.05) is 5.92 Å². The van der Waals surface area contributed by atoms with Gasteiger partial charge in [-0.1, -0.05) is 0 Å². The molecule has 0 aromatic heterocycles. The van der Waals surface area contributed by atoms with Gasteiger partial charge in [-0.05, 0) is 54.9 Å². The summed E-state index contributed by atoms with van der Waals surface area (Å²) in [5, 5.41) is 9.06. The Morgan fingerprint density at radius 3 is 2.67 bits per heavy atom. The maximum Gasteiger partial charge on any atom is 0.303 e. The molecule has 3 aliphatic carbocycles. The summed E-state index contributed by atoms with van der Waals surface area (Å²) in [5.74, 6) is -0.980. The normalized spacial score (nSPS) is 49.2. The van der Waals surface area contributed by atoms with E-state index in [-0.39, 0.29) is 30.1 Å². The number of fused-ring (bicyclic) bond motifs is 1. The van der Waals surface area contributed by atoms with Crippen molar-refractivity contribution >= 4 is 5.97 Å². The fourth-order valence-electron chi connectivity index (χ4n) is 5.41. The number of carboxylic acids is 1. The lowest BCUT2D eigenvalue weighted by molar-refractivity contribution is -0.172. The average Bonchev–Trinajstić information content (AvgIpc) is 2.45. The second kappa shape index (κ2) is 3.89. The molecule has 1 unspecified atom stereocenters. The van der Waals surface area contributed by atoms with E-state index >= 15 is 0 Å². The van der Waals surface area contributed by atoms with Gasteiger partial charge in [0.2, 0.25) is 6.43 Å². The van der Waals surface area contributed by atoms with E-state index in [2.05, 4.69) is 0 Å². The summed E-state index contributed by atoms with van der Waals surface area (Å²) in [7, 11) is 0. The topological polar surface area (TPSA) is 63.3 Å². The third-order valence-corrected chi connectivity index (χ3v) is 5.95. The van der Waals surface area contributed by atoms with Crippen LogP contribution in [0.1, 0.15) is 25.7 Å². The highest BCUT2D eigenvalue weighted by molar-refractivity contribution is 5.68. The minimum Gasteiger partial charge on any atom is -0.481 e. The zero-order chi connectivity index (χ0) is 13.1. The lowest BCUT2D eigenvalue weighted by Crippen LogP contribution is -2.61.